The quantitative estimate of drug-likeness (QED) is 0.673. The van der Waals surface area contributed by atoms with E-state index in [0.29, 0.717) is 0 Å². The molecule has 1 fully saturated rings. The SMILES string of the molecule is NNc1nc(CC2CCCCO2)nc2sc3c(c12)CCC3. The van der Waals surface area contributed by atoms with Gasteiger partial charge in [-0.3, -0.25) is 0 Å². The number of hydrogen-bond donors (Lipinski definition) is 2. The molecule has 2 aromatic heterocycles. The molecule has 112 valence electrons. The number of anilines is 1. The number of nitrogen functional groups attached to an aromatic ring is 1. The maximum absolute atomic E-state index is 5.80. The molecule has 0 spiro atoms. The van der Waals surface area contributed by atoms with Crippen molar-refractivity contribution >= 4 is 27.4 Å². The molecular formula is C15H20N4OS. The Kier molecular flexibility index (Phi) is 3.52. The topological polar surface area (TPSA) is 73.1 Å². The number of rotatable bonds is 3. The van der Waals surface area contributed by atoms with Gasteiger partial charge in [-0.1, -0.05) is 0 Å². The van der Waals surface area contributed by atoms with Crippen LogP contribution in [-0.2, 0) is 24.0 Å². The molecule has 0 amide bonds. The number of aromatic nitrogens is 2. The summed E-state index contributed by atoms with van der Waals surface area (Å²) >= 11 is 1.80. The first kappa shape index (κ1) is 13.4. The second-order valence-electron chi connectivity index (χ2n) is 5.86. The summed E-state index contributed by atoms with van der Waals surface area (Å²) in [6.07, 6.45) is 8.08. The molecule has 0 radical (unpaired) electrons. The van der Waals surface area contributed by atoms with E-state index >= 15 is 0 Å². The average molecular weight is 304 g/mol. The van der Waals surface area contributed by atoms with Crippen LogP contribution in [-0.4, -0.2) is 22.7 Å². The number of thiophene rings is 1. The molecule has 3 heterocycles. The lowest BCUT2D eigenvalue weighted by Crippen LogP contribution is -2.23. The van der Waals surface area contributed by atoms with E-state index in [0.717, 1.165) is 47.7 Å². The van der Waals surface area contributed by atoms with E-state index in [1.54, 1.807) is 11.3 Å². The van der Waals surface area contributed by atoms with Gasteiger partial charge in [0.1, 0.15) is 10.7 Å². The van der Waals surface area contributed by atoms with Crippen LogP contribution in [0.25, 0.3) is 10.2 Å². The summed E-state index contributed by atoms with van der Waals surface area (Å²) in [5, 5.41) is 1.14. The normalized spacial score (nSPS) is 21.7. The maximum Gasteiger partial charge on any atom is 0.152 e. The van der Waals surface area contributed by atoms with Crippen molar-refractivity contribution < 1.29 is 4.74 Å². The molecule has 2 aromatic rings. The molecule has 1 atom stereocenters. The molecule has 21 heavy (non-hydrogen) atoms. The van der Waals surface area contributed by atoms with Crippen molar-refractivity contribution in [3.05, 3.63) is 16.3 Å². The number of nitrogens with two attached hydrogens (primary N) is 1. The van der Waals surface area contributed by atoms with Crippen molar-refractivity contribution in [2.45, 2.75) is 51.0 Å². The van der Waals surface area contributed by atoms with Gasteiger partial charge >= 0.3 is 0 Å². The molecule has 4 rings (SSSR count). The van der Waals surface area contributed by atoms with Gasteiger partial charge in [0.25, 0.3) is 0 Å². The molecule has 1 unspecified atom stereocenters. The van der Waals surface area contributed by atoms with Crippen LogP contribution in [0.2, 0.25) is 0 Å². The van der Waals surface area contributed by atoms with Crippen molar-refractivity contribution in [2.24, 2.45) is 5.84 Å². The molecule has 6 heteroatoms. The lowest BCUT2D eigenvalue weighted by atomic mass is 10.1. The highest BCUT2D eigenvalue weighted by atomic mass is 32.1. The summed E-state index contributed by atoms with van der Waals surface area (Å²) in [7, 11) is 0. The standard InChI is InChI=1S/C15H20N4OS/c16-19-14-13-10-5-3-6-11(10)21-15(13)18-12(17-14)8-9-4-1-2-7-20-9/h9H,1-8,16H2,(H,17,18,19). The predicted octanol–water partition coefficient (Wildman–Crippen LogP) is 2.58. The second kappa shape index (κ2) is 5.51. The predicted molar refractivity (Wildman–Crippen MR) is 84.5 cm³/mol. The van der Waals surface area contributed by atoms with E-state index in [1.807, 2.05) is 0 Å². The van der Waals surface area contributed by atoms with Gasteiger partial charge in [-0.05, 0) is 44.1 Å². The van der Waals surface area contributed by atoms with E-state index in [1.165, 1.54) is 36.1 Å². The summed E-state index contributed by atoms with van der Waals surface area (Å²) in [6.45, 7) is 0.863. The Morgan fingerprint density at radius 2 is 2.19 bits per heavy atom. The monoisotopic (exact) mass is 304 g/mol. The molecular weight excluding hydrogens is 284 g/mol. The Balaban J connectivity index is 1.70. The smallest absolute Gasteiger partial charge is 0.152 e. The third kappa shape index (κ3) is 2.41. The molecule has 0 saturated carbocycles. The van der Waals surface area contributed by atoms with Crippen LogP contribution in [0, 0.1) is 0 Å². The number of fused-ring (bicyclic) bond motifs is 3. The molecule has 5 nitrogen and oxygen atoms in total. The zero-order valence-corrected chi connectivity index (χ0v) is 12.8. The van der Waals surface area contributed by atoms with Crippen LogP contribution < -0.4 is 11.3 Å². The fraction of sp³-hybridized carbons (Fsp3) is 0.600. The van der Waals surface area contributed by atoms with E-state index < -0.39 is 0 Å². The lowest BCUT2D eigenvalue weighted by Gasteiger charge is -2.21. The van der Waals surface area contributed by atoms with Crippen molar-refractivity contribution in [3.63, 3.8) is 0 Å². The summed E-state index contributed by atoms with van der Waals surface area (Å²) < 4.78 is 5.80. The highest BCUT2D eigenvalue weighted by Gasteiger charge is 2.23. The summed E-state index contributed by atoms with van der Waals surface area (Å²) in [5.74, 6) is 7.34. The number of aryl methyl sites for hydroxylation is 2. The Morgan fingerprint density at radius 1 is 1.24 bits per heavy atom. The Labute approximate surface area is 127 Å². The minimum absolute atomic E-state index is 0.258. The first-order chi connectivity index (χ1) is 10.3. The molecule has 2 aliphatic rings. The largest absolute Gasteiger partial charge is 0.378 e. The van der Waals surface area contributed by atoms with Crippen LogP contribution in [0.1, 0.15) is 41.9 Å². The van der Waals surface area contributed by atoms with Crippen LogP contribution in [0.4, 0.5) is 5.82 Å². The van der Waals surface area contributed by atoms with E-state index in [4.69, 9.17) is 15.6 Å². The van der Waals surface area contributed by atoms with E-state index in [2.05, 4.69) is 10.4 Å². The van der Waals surface area contributed by atoms with Crippen LogP contribution in [0.5, 0.6) is 0 Å². The van der Waals surface area contributed by atoms with Crippen molar-refractivity contribution in [1.82, 2.24) is 9.97 Å². The molecule has 1 saturated heterocycles. The number of nitrogens with one attached hydrogen (secondary N) is 1. The summed E-state index contributed by atoms with van der Waals surface area (Å²) in [5.41, 5.74) is 4.18. The minimum atomic E-state index is 0.258. The van der Waals surface area contributed by atoms with Gasteiger partial charge in [0.05, 0.1) is 11.5 Å². The molecule has 0 bridgehead atoms. The minimum Gasteiger partial charge on any atom is -0.378 e. The number of nitrogens with zero attached hydrogens (tertiary/aromatic N) is 2. The fourth-order valence-corrected chi connectivity index (χ4v) is 4.69. The van der Waals surface area contributed by atoms with Crippen LogP contribution >= 0.6 is 11.3 Å². The Morgan fingerprint density at radius 3 is 3.00 bits per heavy atom. The van der Waals surface area contributed by atoms with Gasteiger partial charge in [0, 0.05) is 17.9 Å². The molecule has 0 aromatic carbocycles. The zero-order chi connectivity index (χ0) is 14.2. The third-order valence-electron chi connectivity index (χ3n) is 4.43. The Hall–Kier alpha value is -1.24. The molecule has 1 aliphatic carbocycles. The average Bonchev–Trinajstić information content (AvgIpc) is 3.07. The van der Waals surface area contributed by atoms with Crippen molar-refractivity contribution in [1.29, 1.82) is 0 Å². The summed E-state index contributed by atoms with van der Waals surface area (Å²) in [6, 6.07) is 0. The number of hydrogen-bond acceptors (Lipinski definition) is 6. The van der Waals surface area contributed by atoms with Gasteiger partial charge in [-0.15, -0.1) is 11.3 Å². The second-order valence-corrected chi connectivity index (χ2v) is 6.95. The highest BCUT2D eigenvalue weighted by Crippen LogP contribution is 2.39. The molecule has 3 N–H and O–H groups in total. The van der Waals surface area contributed by atoms with Crippen LogP contribution in [0.15, 0.2) is 0 Å². The van der Waals surface area contributed by atoms with E-state index in [9.17, 15) is 0 Å². The van der Waals surface area contributed by atoms with Gasteiger partial charge < -0.3 is 10.2 Å². The van der Waals surface area contributed by atoms with Gasteiger partial charge in [-0.25, -0.2) is 15.8 Å². The first-order valence-corrected chi connectivity index (χ1v) is 8.56. The highest BCUT2D eigenvalue weighted by molar-refractivity contribution is 7.19. The van der Waals surface area contributed by atoms with Crippen molar-refractivity contribution in [2.75, 3.05) is 12.0 Å². The van der Waals surface area contributed by atoms with Crippen molar-refractivity contribution in [3.8, 4) is 0 Å². The van der Waals surface area contributed by atoms with Gasteiger partial charge in [0.2, 0.25) is 0 Å². The van der Waals surface area contributed by atoms with E-state index in [-0.39, 0.29) is 6.10 Å². The number of ether oxygens (including phenoxy) is 1. The van der Waals surface area contributed by atoms with Crippen LogP contribution in [0.3, 0.4) is 0 Å². The zero-order valence-electron chi connectivity index (χ0n) is 12.0. The number of hydrazine groups is 1. The summed E-state index contributed by atoms with van der Waals surface area (Å²) in [4.78, 5) is 12.0. The fourth-order valence-electron chi connectivity index (χ4n) is 3.41. The maximum atomic E-state index is 5.80. The third-order valence-corrected chi connectivity index (χ3v) is 5.62. The lowest BCUT2D eigenvalue weighted by molar-refractivity contribution is 0.0157. The van der Waals surface area contributed by atoms with Gasteiger partial charge in [0.15, 0.2) is 5.82 Å². The molecule has 1 aliphatic heterocycles. The van der Waals surface area contributed by atoms with Gasteiger partial charge in [-0.2, -0.15) is 0 Å². The Bertz CT molecular complexity index is 663. The first-order valence-electron chi connectivity index (χ1n) is 7.74.